The van der Waals surface area contributed by atoms with Crippen LogP contribution in [0.4, 0.5) is 0 Å². The van der Waals surface area contributed by atoms with Gasteiger partial charge in [0, 0.05) is 36.6 Å². The SMILES string of the molecule is CCC(C)C(NC(=O)C(Cc1cnc[nH]1)NC(=O)C(N)Cc1cnc[nH]1)C(=O)NC(C(=O)O)C(C)C. The molecule has 2 aromatic heterocycles. The van der Waals surface area contributed by atoms with Crippen LogP contribution < -0.4 is 21.7 Å². The molecule has 2 rings (SSSR count). The number of hydrogen-bond donors (Lipinski definition) is 7. The summed E-state index contributed by atoms with van der Waals surface area (Å²) in [6, 6.07) is -4.13. The van der Waals surface area contributed by atoms with Crippen LogP contribution in [0.25, 0.3) is 0 Å². The molecule has 36 heavy (non-hydrogen) atoms. The third-order valence-electron chi connectivity index (χ3n) is 5.97. The Kier molecular flexibility index (Phi) is 10.6. The molecule has 13 heteroatoms. The number of hydrogen-bond acceptors (Lipinski definition) is 7. The molecule has 8 N–H and O–H groups in total. The molecular formula is C23H36N8O5. The van der Waals surface area contributed by atoms with Gasteiger partial charge in [-0.15, -0.1) is 0 Å². The fourth-order valence-corrected chi connectivity index (χ4v) is 3.54. The Morgan fingerprint density at radius 2 is 1.44 bits per heavy atom. The number of H-pyrrole nitrogens is 2. The van der Waals surface area contributed by atoms with Crippen molar-refractivity contribution in [2.45, 2.75) is 71.1 Å². The highest BCUT2D eigenvalue weighted by Crippen LogP contribution is 2.11. The zero-order chi connectivity index (χ0) is 26.8. The highest BCUT2D eigenvalue weighted by molar-refractivity contribution is 5.94. The van der Waals surface area contributed by atoms with Crippen LogP contribution in [0.2, 0.25) is 0 Å². The molecule has 0 aliphatic rings. The molecule has 0 saturated heterocycles. The molecular weight excluding hydrogens is 468 g/mol. The fourth-order valence-electron chi connectivity index (χ4n) is 3.54. The first-order valence-electron chi connectivity index (χ1n) is 11.9. The molecule has 0 spiro atoms. The summed E-state index contributed by atoms with van der Waals surface area (Å²) < 4.78 is 0. The average molecular weight is 505 g/mol. The number of nitrogens with one attached hydrogen (secondary N) is 5. The van der Waals surface area contributed by atoms with E-state index in [2.05, 4.69) is 35.9 Å². The van der Waals surface area contributed by atoms with Crippen LogP contribution in [-0.2, 0) is 32.0 Å². The van der Waals surface area contributed by atoms with E-state index in [9.17, 15) is 24.3 Å². The van der Waals surface area contributed by atoms with Gasteiger partial charge in [-0.25, -0.2) is 14.8 Å². The summed E-state index contributed by atoms with van der Waals surface area (Å²) in [5, 5.41) is 17.3. The second-order valence-electron chi connectivity index (χ2n) is 9.17. The Labute approximate surface area is 209 Å². The van der Waals surface area contributed by atoms with E-state index in [0.29, 0.717) is 17.8 Å². The van der Waals surface area contributed by atoms with E-state index in [-0.39, 0.29) is 24.7 Å². The van der Waals surface area contributed by atoms with Crippen LogP contribution in [0.1, 0.15) is 45.5 Å². The summed E-state index contributed by atoms with van der Waals surface area (Å²) in [4.78, 5) is 64.3. The van der Waals surface area contributed by atoms with Gasteiger partial charge in [0.1, 0.15) is 18.1 Å². The van der Waals surface area contributed by atoms with Gasteiger partial charge in [0.25, 0.3) is 0 Å². The number of carboxylic acid groups (broad SMARTS) is 1. The Hall–Kier alpha value is -3.74. The van der Waals surface area contributed by atoms with Crippen molar-refractivity contribution in [1.29, 1.82) is 0 Å². The van der Waals surface area contributed by atoms with Gasteiger partial charge in [-0.05, 0) is 11.8 Å². The van der Waals surface area contributed by atoms with Crippen molar-refractivity contribution in [2.75, 3.05) is 0 Å². The number of amides is 3. The minimum Gasteiger partial charge on any atom is -0.480 e. The Morgan fingerprint density at radius 1 is 0.889 bits per heavy atom. The number of carboxylic acids is 1. The summed E-state index contributed by atoms with van der Waals surface area (Å²) in [5.41, 5.74) is 7.29. The number of aromatic amines is 2. The largest absolute Gasteiger partial charge is 0.480 e. The summed E-state index contributed by atoms with van der Waals surface area (Å²) in [6.45, 7) is 6.99. The molecule has 5 unspecified atom stereocenters. The first-order valence-corrected chi connectivity index (χ1v) is 11.9. The fraction of sp³-hybridized carbons (Fsp3) is 0.565. The number of carbonyl (C=O) groups is 4. The van der Waals surface area contributed by atoms with E-state index in [1.165, 1.54) is 18.9 Å². The van der Waals surface area contributed by atoms with E-state index in [1.807, 2.05) is 6.92 Å². The highest BCUT2D eigenvalue weighted by atomic mass is 16.4. The molecule has 0 saturated carbocycles. The van der Waals surface area contributed by atoms with Crippen molar-refractivity contribution in [3.05, 3.63) is 36.4 Å². The Morgan fingerprint density at radius 3 is 1.92 bits per heavy atom. The molecule has 198 valence electrons. The van der Waals surface area contributed by atoms with Crippen LogP contribution in [-0.4, -0.2) is 72.9 Å². The van der Waals surface area contributed by atoms with Gasteiger partial charge >= 0.3 is 5.97 Å². The van der Waals surface area contributed by atoms with Crippen molar-refractivity contribution in [1.82, 2.24) is 35.9 Å². The molecule has 0 radical (unpaired) electrons. The van der Waals surface area contributed by atoms with Gasteiger partial charge < -0.3 is 36.8 Å². The number of nitrogens with two attached hydrogens (primary N) is 1. The van der Waals surface area contributed by atoms with Crippen LogP contribution in [0.15, 0.2) is 25.0 Å². The van der Waals surface area contributed by atoms with Gasteiger partial charge in [0.15, 0.2) is 0 Å². The first kappa shape index (κ1) is 28.5. The first-order chi connectivity index (χ1) is 17.0. The van der Waals surface area contributed by atoms with Gasteiger partial charge in [-0.1, -0.05) is 34.1 Å². The number of rotatable bonds is 14. The lowest BCUT2D eigenvalue weighted by molar-refractivity contribution is -0.144. The number of carbonyl (C=O) groups excluding carboxylic acids is 3. The lowest BCUT2D eigenvalue weighted by Crippen LogP contribution is -2.59. The second-order valence-corrected chi connectivity index (χ2v) is 9.17. The summed E-state index contributed by atoms with van der Waals surface area (Å²) in [7, 11) is 0. The molecule has 0 aromatic carbocycles. The van der Waals surface area contributed by atoms with Crippen molar-refractivity contribution in [2.24, 2.45) is 17.6 Å². The molecule has 0 aliphatic heterocycles. The number of nitrogens with zero attached hydrogens (tertiary/aromatic N) is 2. The van der Waals surface area contributed by atoms with Gasteiger partial charge in [-0.3, -0.25) is 14.4 Å². The van der Waals surface area contributed by atoms with E-state index in [1.54, 1.807) is 27.0 Å². The van der Waals surface area contributed by atoms with Crippen molar-refractivity contribution in [3.8, 4) is 0 Å². The van der Waals surface area contributed by atoms with Crippen LogP contribution in [0.5, 0.6) is 0 Å². The predicted octanol–water partition coefficient (Wildman–Crippen LogP) is -0.514. The second kappa shape index (κ2) is 13.4. The third-order valence-corrected chi connectivity index (χ3v) is 5.97. The third kappa shape index (κ3) is 8.18. The molecule has 3 amide bonds. The van der Waals surface area contributed by atoms with Crippen LogP contribution in [0.3, 0.4) is 0 Å². The summed E-state index contributed by atoms with van der Waals surface area (Å²) in [6.07, 6.45) is 6.81. The molecule has 13 nitrogen and oxygen atoms in total. The highest BCUT2D eigenvalue weighted by Gasteiger charge is 2.33. The van der Waals surface area contributed by atoms with Gasteiger partial charge in [-0.2, -0.15) is 0 Å². The van der Waals surface area contributed by atoms with E-state index >= 15 is 0 Å². The molecule has 5 atom stereocenters. The molecule has 0 fully saturated rings. The zero-order valence-corrected chi connectivity index (χ0v) is 20.9. The van der Waals surface area contributed by atoms with Gasteiger partial charge in [0.05, 0.1) is 18.7 Å². The van der Waals surface area contributed by atoms with Crippen molar-refractivity contribution >= 4 is 23.7 Å². The normalized spacial score (nSPS) is 15.4. The minimum atomic E-state index is -1.16. The maximum Gasteiger partial charge on any atom is 0.326 e. The predicted molar refractivity (Wildman–Crippen MR) is 130 cm³/mol. The number of aliphatic carboxylic acids is 1. The van der Waals surface area contributed by atoms with E-state index in [4.69, 9.17) is 5.73 Å². The maximum atomic E-state index is 13.3. The monoisotopic (exact) mass is 504 g/mol. The van der Waals surface area contributed by atoms with Crippen molar-refractivity contribution in [3.63, 3.8) is 0 Å². The van der Waals surface area contributed by atoms with E-state index < -0.39 is 47.9 Å². The topological polar surface area (TPSA) is 208 Å². The van der Waals surface area contributed by atoms with Crippen LogP contribution in [0, 0.1) is 11.8 Å². The Balaban J connectivity index is 2.18. The van der Waals surface area contributed by atoms with Gasteiger partial charge in [0.2, 0.25) is 17.7 Å². The number of imidazole rings is 2. The minimum absolute atomic E-state index is 0.0763. The summed E-state index contributed by atoms with van der Waals surface area (Å²) in [5.74, 6) is -3.60. The number of aromatic nitrogens is 4. The molecule has 2 aromatic rings. The maximum absolute atomic E-state index is 13.3. The van der Waals surface area contributed by atoms with Crippen LogP contribution >= 0.6 is 0 Å². The van der Waals surface area contributed by atoms with E-state index in [0.717, 1.165) is 0 Å². The molecule has 0 aliphatic carbocycles. The lowest BCUT2D eigenvalue weighted by Gasteiger charge is -2.28. The molecule has 0 bridgehead atoms. The standard InChI is InChI=1S/C23H36N8O5/c1-5-13(4)19(22(34)30-18(12(2)3)23(35)36)31-21(33)17(7-15-9-26-11-28-15)29-20(32)16(24)6-14-8-25-10-27-14/h8-13,16-19H,5-7,24H2,1-4H3,(H,25,27)(H,26,28)(H,29,32)(H,30,34)(H,31,33)(H,35,36). The smallest absolute Gasteiger partial charge is 0.326 e. The van der Waals surface area contributed by atoms with Crippen molar-refractivity contribution < 1.29 is 24.3 Å². The Bertz CT molecular complexity index is 992. The average Bonchev–Trinajstić information content (AvgIpc) is 3.53. The summed E-state index contributed by atoms with van der Waals surface area (Å²) >= 11 is 0. The quantitative estimate of drug-likeness (QED) is 0.178. The molecule has 2 heterocycles. The zero-order valence-electron chi connectivity index (χ0n) is 20.9. The lowest BCUT2D eigenvalue weighted by atomic mass is 9.96.